The Morgan fingerprint density at radius 1 is 1.50 bits per heavy atom. The van der Waals surface area contributed by atoms with Gasteiger partial charge in [0.05, 0.1) is 5.56 Å². The molecule has 4 nitrogen and oxygen atoms in total. The van der Waals surface area contributed by atoms with Crippen molar-refractivity contribution in [3.8, 4) is 0 Å². The van der Waals surface area contributed by atoms with Crippen molar-refractivity contribution < 1.29 is 4.79 Å². The lowest BCUT2D eigenvalue weighted by Crippen LogP contribution is -2.36. The first-order chi connectivity index (χ1) is 9.44. The summed E-state index contributed by atoms with van der Waals surface area (Å²) in [6, 6.07) is 2.02. The summed E-state index contributed by atoms with van der Waals surface area (Å²) >= 11 is 0. The van der Waals surface area contributed by atoms with Crippen molar-refractivity contribution in [2.45, 2.75) is 45.6 Å². The first kappa shape index (κ1) is 13.4. The maximum absolute atomic E-state index is 12.5. The van der Waals surface area contributed by atoms with Crippen molar-refractivity contribution in [2.75, 3.05) is 18.4 Å². The summed E-state index contributed by atoms with van der Waals surface area (Å²) in [7, 11) is 0. The Hall–Kier alpha value is -1.58. The Balaban J connectivity index is 1.81. The number of carbonyl (C=O) groups is 1. The molecule has 1 atom stereocenters. The molecule has 0 aliphatic carbocycles. The summed E-state index contributed by atoms with van der Waals surface area (Å²) in [5.74, 6) is 1.69. The van der Waals surface area contributed by atoms with Crippen LogP contribution in [0.4, 0.5) is 5.82 Å². The molecule has 0 aromatic carbocycles. The lowest BCUT2D eigenvalue weighted by Gasteiger charge is -2.33. The quantitative estimate of drug-likeness (QED) is 0.855. The number of anilines is 1. The molecule has 1 amide bonds. The molecule has 20 heavy (non-hydrogen) atoms. The second-order valence-corrected chi connectivity index (χ2v) is 6.89. The van der Waals surface area contributed by atoms with E-state index in [1.54, 1.807) is 6.20 Å². The van der Waals surface area contributed by atoms with Gasteiger partial charge >= 0.3 is 0 Å². The number of amides is 1. The zero-order valence-electron chi connectivity index (χ0n) is 12.6. The van der Waals surface area contributed by atoms with Gasteiger partial charge in [-0.05, 0) is 50.7 Å². The second-order valence-electron chi connectivity index (χ2n) is 6.89. The second kappa shape index (κ2) is 4.76. The number of aromatic nitrogens is 1. The van der Waals surface area contributed by atoms with Crippen LogP contribution < -0.4 is 5.32 Å². The van der Waals surface area contributed by atoms with E-state index in [2.05, 4.69) is 31.1 Å². The van der Waals surface area contributed by atoms with Crippen LogP contribution in [0.1, 0.15) is 49.5 Å². The van der Waals surface area contributed by atoms with Gasteiger partial charge in [0, 0.05) is 24.8 Å². The monoisotopic (exact) mass is 273 g/mol. The van der Waals surface area contributed by atoms with Crippen LogP contribution in [-0.2, 0) is 6.42 Å². The Labute approximate surface area is 120 Å². The van der Waals surface area contributed by atoms with Gasteiger partial charge in [-0.1, -0.05) is 6.92 Å². The predicted octanol–water partition coefficient (Wildman–Crippen LogP) is 2.70. The van der Waals surface area contributed by atoms with Crippen LogP contribution in [0.15, 0.2) is 12.3 Å². The van der Waals surface area contributed by atoms with Crippen LogP contribution in [0, 0.1) is 5.92 Å². The van der Waals surface area contributed by atoms with Crippen molar-refractivity contribution in [1.29, 1.82) is 0 Å². The van der Waals surface area contributed by atoms with Crippen molar-refractivity contribution in [1.82, 2.24) is 9.88 Å². The fraction of sp³-hybridized carbons (Fsp3) is 0.625. The number of nitrogens with zero attached hydrogens (tertiary/aromatic N) is 2. The van der Waals surface area contributed by atoms with Gasteiger partial charge in [-0.2, -0.15) is 0 Å². The number of aryl methyl sites for hydroxylation is 1. The Kier molecular flexibility index (Phi) is 3.19. The molecular weight excluding hydrogens is 250 g/mol. The van der Waals surface area contributed by atoms with E-state index in [0.717, 1.165) is 43.7 Å². The number of hydrogen-bond acceptors (Lipinski definition) is 3. The number of carbonyl (C=O) groups excluding carboxylic acids is 1. The first-order valence-electron chi connectivity index (χ1n) is 7.51. The van der Waals surface area contributed by atoms with Crippen LogP contribution >= 0.6 is 0 Å². The van der Waals surface area contributed by atoms with Crippen LogP contribution in [0.2, 0.25) is 0 Å². The molecule has 1 saturated heterocycles. The van der Waals surface area contributed by atoms with Gasteiger partial charge in [-0.15, -0.1) is 0 Å². The highest BCUT2D eigenvalue weighted by Crippen LogP contribution is 2.29. The normalized spacial score (nSPS) is 24.1. The van der Waals surface area contributed by atoms with Gasteiger partial charge in [-0.3, -0.25) is 4.79 Å². The molecule has 0 spiro atoms. The van der Waals surface area contributed by atoms with E-state index in [9.17, 15) is 4.79 Å². The smallest absolute Gasteiger partial charge is 0.255 e. The van der Waals surface area contributed by atoms with E-state index in [-0.39, 0.29) is 11.4 Å². The molecule has 1 aromatic heterocycles. The van der Waals surface area contributed by atoms with Gasteiger partial charge in [0.2, 0.25) is 0 Å². The third-order valence-corrected chi connectivity index (χ3v) is 4.40. The van der Waals surface area contributed by atoms with E-state index >= 15 is 0 Å². The summed E-state index contributed by atoms with van der Waals surface area (Å²) in [4.78, 5) is 18.9. The molecule has 1 fully saturated rings. The average molecular weight is 273 g/mol. The largest absolute Gasteiger partial charge is 0.365 e. The van der Waals surface area contributed by atoms with Crippen molar-refractivity contribution in [2.24, 2.45) is 5.92 Å². The number of hydrogen-bond donors (Lipinski definition) is 1. The number of fused-ring (bicyclic) bond motifs is 1. The number of pyridine rings is 1. The SMILES string of the molecule is CC1CCN(C(=O)c2cnc3c(c2)CCC(C)(C)N3)C1. The van der Waals surface area contributed by atoms with Gasteiger partial charge in [0.25, 0.3) is 5.91 Å². The lowest BCUT2D eigenvalue weighted by atomic mass is 9.91. The molecule has 1 unspecified atom stereocenters. The minimum atomic E-state index is 0.0932. The molecule has 3 rings (SSSR count). The maximum atomic E-state index is 12.5. The number of likely N-dealkylation sites (tertiary alicyclic amines) is 1. The van der Waals surface area contributed by atoms with E-state index < -0.39 is 0 Å². The third-order valence-electron chi connectivity index (χ3n) is 4.40. The molecule has 2 aliphatic rings. The Bertz CT molecular complexity index is 539. The van der Waals surface area contributed by atoms with Crippen LogP contribution in [0.3, 0.4) is 0 Å². The maximum Gasteiger partial charge on any atom is 0.255 e. The Morgan fingerprint density at radius 3 is 3.00 bits per heavy atom. The summed E-state index contributed by atoms with van der Waals surface area (Å²) in [5, 5.41) is 3.44. The summed E-state index contributed by atoms with van der Waals surface area (Å²) in [6.45, 7) is 8.32. The lowest BCUT2D eigenvalue weighted by molar-refractivity contribution is 0.0787. The van der Waals surface area contributed by atoms with Gasteiger partial charge in [0.15, 0.2) is 0 Å². The molecule has 0 radical (unpaired) electrons. The van der Waals surface area contributed by atoms with Gasteiger partial charge < -0.3 is 10.2 Å². The molecule has 108 valence electrons. The molecule has 2 aliphatic heterocycles. The highest BCUT2D eigenvalue weighted by Gasteiger charge is 2.28. The molecule has 3 heterocycles. The molecule has 4 heteroatoms. The fourth-order valence-electron chi connectivity index (χ4n) is 3.06. The molecule has 0 saturated carbocycles. The zero-order chi connectivity index (χ0) is 14.3. The van der Waals surface area contributed by atoms with E-state index in [0.29, 0.717) is 5.92 Å². The highest BCUT2D eigenvalue weighted by atomic mass is 16.2. The van der Waals surface area contributed by atoms with Crippen LogP contribution in [-0.4, -0.2) is 34.4 Å². The summed E-state index contributed by atoms with van der Waals surface area (Å²) < 4.78 is 0. The van der Waals surface area contributed by atoms with E-state index in [1.165, 1.54) is 5.56 Å². The molecule has 1 N–H and O–H groups in total. The van der Waals surface area contributed by atoms with E-state index in [4.69, 9.17) is 0 Å². The predicted molar refractivity (Wildman–Crippen MR) is 79.9 cm³/mol. The first-order valence-corrected chi connectivity index (χ1v) is 7.51. The number of nitrogens with one attached hydrogen (secondary N) is 1. The van der Waals surface area contributed by atoms with Crippen LogP contribution in [0.25, 0.3) is 0 Å². The molecule has 0 bridgehead atoms. The van der Waals surface area contributed by atoms with Gasteiger partial charge in [0.1, 0.15) is 5.82 Å². The number of rotatable bonds is 1. The molecular formula is C16H23N3O. The average Bonchev–Trinajstić information content (AvgIpc) is 2.83. The third kappa shape index (κ3) is 2.51. The van der Waals surface area contributed by atoms with Crippen molar-refractivity contribution in [3.05, 3.63) is 23.4 Å². The fourth-order valence-corrected chi connectivity index (χ4v) is 3.06. The zero-order valence-corrected chi connectivity index (χ0v) is 12.6. The Morgan fingerprint density at radius 2 is 2.30 bits per heavy atom. The topological polar surface area (TPSA) is 45.2 Å². The minimum Gasteiger partial charge on any atom is -0.365 e. The van der Waals surface area contributed by atoms with Gasteiger partial charge in [-0.25, -0.2) is 4.98 Å². The molecule has 1 aromatic rings. The van der Waals surface area contributed by atoms with Crippen molar-refractivity contribution in [3.63, 3.8) is 0 Å². The van der Waals surface area contributed by atoms with E-state index in [1.807, 2.05) is 11.0 Å². The highest BCUT2D eigenvalue weighted by molar-refractivity contribution is 5.94. The standard InChI is InChI=1S/C16H23N3O/c1-11-5-7-19(10-11)15(20)13-8-12-4-6-16(2,3)18-14(12)17-9-13/h8-9,11H,4-7,10H2,1-3H3,(H,17,18). The van der Waals surface area contributed by atoms with Crippen LogP contribution in [0.5, 0.6) is 0 Å². The summed E-state index contributed by atoms with van der Waals surface area (Å²) in [6.07, 6.45) is 4.89. The minimum absolute atomic E-state index is 0.0932. The van der Waals surface area contributed by atoms with Crippen molar-refractivity contribution >= 4 is 11.7 Å². The summed E-state index contributed by atoms with van der Waals surface area (Å²) in [5.41, 5.74) is 2.00.